The molecule has 0 radical (unpaired) electrons. The van der Waals surface area contributed by atoms with Crippen LogP contribution in [0, 0.1) is 3.57 Å². The first kappa shape index (κ1) is 34.7. The Hall–Kier alpha value is -4.66. The first-order valence-electron chi connectivity index (χ1n) is 15.4. The molecule has 3 aromatic rings. The Labute approximate surface area is 292 Å². The highest BCUT2D eigenvalue weighted by molar-refractivity contribution is 14.1. The fourth-order valence-electron chi connectivity index (χ4n) is 5.77. The molecule has 1 atom stereocenters. The number of methoxy groups -OCH3 is 1. The summed E-state index contributed by atoms with van der Waals surface area (Å²) in [6.45, 7) is 4.68. The third-order valence-electron chi connectivity index (χ3n) is 7.90. The van der Waals surface area contributed by atoms with E-state index in [2.05, 4.69) is 33.2 Å². The molecule has 1 heterocycles. The van der Waals surface area contributed by atoms with Gasteiger partial charge in [0.05, 0.1) is 19.2 Å². The lowest BCUT2D eigenvalue weighted by atomic mass is 9.98. The second kappa shape index (κ2) is 14.6. The van der Waals surface area contributed by atoms with Gasteiger partial charge in [-0.3, -0.25) is 19.3 Å². The van der Waals surface area contributed by atoms with E-state index in [4.69, 9.17) is 14.2 Å². The number of hydrogen-bond acceptors (Lipinski definition) is 8. The van der Waals surface area contributed by atoms with Gasteiger partial charge in [0.2, 0.25) is 11.8 Å². The number of amides is 5. The highest BCUT2D eigenvalue weighted by Gasteiger charge is 2.36. The van der Waals surface area contributed by atoms with Gasteiger partial charge in [0.25, 0.3) is 0 Å². The van der Waals surface area contributed by atoms with Crippen LogP contribution >= 0.6 is 22.6 Å². The summed E-state index contributed by atoms with van der Waals surface area (Å²) >= 11 is 2.11. The van der Waals surface area contributed by atoms with Crippen LogP contribution in [0.1, 0.15) is 50.7 Å². The summed E-state index contributed by atoms with van der Waals surface area (Å²) in [6.07, 6.45) is -1.42. The van der Waals surface area contributed by atoms with Crippen LogP contribution in [0.15, 0.2) is 66.7 Å². The molecular formula is C35H37IN4O8. The van der Waals surface area contributed by atoms with E-state index in [1.807, 2.05) is 54.6 Å². The molecule has 0 bridgehead atoms. The molecule has 0 unspecified atom stereocenters. The zero-order chi connectivity index (χ0) is 34.6. The summed E-state index contributed by atoms with van der Waals surface area (Å²) in [6, 6.07) is 19.0. The Bertz CT molecular complexity index is 1690. The average Bonchev–Trinajstić information content (AvgIpc) is 3.36. The maximum atomic E-state index is 13.5. The summed E-state index contributed by atoms with van der Waals surface area (Å²) in [5.74, 6) is -1.80. The number of carbonyl (C=O) groups excluding carboxylic acids is 5. The van der Waals surface area contributed by atoms with E-state index in [0.717, 1.165) is 30.7 Å². The molecule has 3 aromatic carbocycles. The van der Waals surface area contributed by atoms with Crippen LogP contribution in [0.25, 0.3) is 11.1 Å². The van der Waals surface area contributed by atoms with E-state index in [1.165, 1.54) is 12.0 Å². The molecule has 1 aliphatic carbocycles. The first-order chi connectivity index (χ1) is 22.9. The van der Waals surface area contributed by atoms with E-state index >= 15 is 0 Å². The van der Waals surface area contributed by atoms with E-state index in [0.29, 0.717) is 11.4 Å². The summed E-state index contributed by atoms with van der Waals surface area (Å²) in [4.78, 5) is 67.9. The van der Waals surface area contributed by atoms with Gasteiger partial charge in [-0.1, -0.05) is 48.5 Å². The minimum Gasteiger partial charge on any atom is -0.495 e. The highest BCUT2D eigenvalue weighted by Crippen LogP contribution is 2.44. The van der Waals surface area contributed by atoms with Gasteiger partial charge in [0, 0.05) is 22.5 Å². The molecular weight excluding hydrogens is 731 g/mol. The lowest BCUT2D eigenvalue weighted by molar-refractivity contribution is -0.156. The smallest absolute Gasteiger partial charge is 0.407 e. The number of esters is 1. The number of nitrogens with one attached hydrogen (secondary N) is 2. The Balaban J connectivity index is 1.27. The van der Waals surface area contributed by atoms with Gasteiger partial charge in [0.15, 0.2) is 0 Å². The molecule has 1 saturated heterocycles. The standard InChI is InChI=1S/C35H37IN4O8/c1-35(2,3)48-31(42)18-27(38-33(44)47-19-26-24-11-7-5-9-22(24)23-10-6-8-12-25(23)26)32(43)37-20-40-30(41)15-16-39(34(40)45)28-17-21(36)13-14-29(28)46-4/h5-14,17,26-27H,15-16,18-20H2,1-4H3,(H,37,43)(H,38,44)/t27-/m0/s1. The van der Waals surface area contributed by atoms with Crippen molar-refractivity contribution in [1.82, 2.24) is 15.5 Å². The van der Waals surface area contributed by atoms with Crippen LogP contribution < -0.4 is 20.3 Å². The maximum absolute atomic E-state index is 13.5. The molecule has 12 nitrogen and oxygen atoms in total. The van der Waals surface area contributed by atoms with Crippen LogP contribution in [0.3, 0.4) is 0 Å². The molecule has 0 aromatic heterocycles. The molecule has 252 valence electrons. The van der Waals surface area contributed by atoms with Crippen molar-refractivity contribution >= 4 is 58.2 Å². The Morgan fingerprint density at radius 2 is 1.62 bits per heavy atom. The number of rotatable bonds is 10. The Morgan fingerprint density at radius 1 is 0.979 bits per heavy atom. The first-order valence-corrected chi connectivity index (χ1v) is 16.5. The molecule has 2 N–H and O–H groups in total. The second-order valence-corrected chi connectivity index (χ2v) is 13.6. The van der Waals surface area contributed by atoms with Crippen molar-refractivity contribution < 1.29 is 38.2 Å². The lowest BCUT2D eigenvalue weighted by Crippen LogP contribution is -2.57. The number of alkyl carbamates (subject to hydrolysis) is 1. The van der Waals surface area contributed by atoms with E-state index < -0.39 is 54.6 Å². The summed E-state index contributed by atoms with van der Waals surface area (Å²) in [5.41, 5.74) is 3.80. The van der Waals surface area contributed by atoms with E-state index in [-0.39, 0.29) is 25.5 Å². The fraction of sp³-hybridized carbons (Fsp3) is 0.343. The van der Waals surface area contributed by atoms with Crippen molar-refractivity contribution in [2.45, 2.75) is 51.2 Å². The van der Waals surface area contributed by atoms with Gasteiger partial charge in [0.1, 0.15) is 30.7 Å². The maximum Gasteiger partial charge on any atom is 0.407 e. The minimum absolute atomic E-state index is 0.00482. The molecule has 0 spiro atoms. The number of hydrogen-bond donors (Lipinski definition) is 2. The third-order valence-corrected chi connectivity index (χ3v) is 8.57. The normalized spacial score (nSPS) is 14.9. The second-order valence-electron chi connectivity index (χ2n) is 12.3. The van der Waals surface area contributed by atoms with Gasteiger partial charge in [-0.05, 0) is 83.8 Å². The predicted molar refractivity (Wildman–Crippen MR) is 185 cm³/mol. The molecule has 2 aliphatic rings. The van der Waals surface area contributed by atoms with Gasteiger partial charge in [-0.15, -0.1) is 0 Å². The highest BCUT2D eigenvalue weighted by atomic mass is 127. The molecule has 13 heteroatoms. The van der Waals surface area contributed by atoms with Crippen LogP contribution in [-0.4, -0.2) is 73.4 Å². The average molecular weight is 769 g/mol. The fourth-order valence-corrected chi connectivity index (χ4v) is 6.24. The lowest BCUT2D eigenvalue weighted by Gasteiger charge is -2.35. The van der Waals surface area contributed by atoms with Gasteiger partial charge >= 0.3 is 18.1 Å². The number of fused-ring (bicyclic) bond motifs is 3. The number of carbonyl (C=O) groups is 5. The van der Waals surface area contributed by atoms with Crippen molar-refractivity contribution in [3.8, 4) is 16.9 Å². The number of halogens is 1. The molecule has 48 heavy (non-hydrogen) atoms. The summed E-state index contributed by atoms with van der Waals surface area (Å²) in [7, 11) is 1.48. The van der Waals surface area contributed by atoms with Gasteiger partial charge < -0.3 is 24.8 Å². The number of benzene rings is 3. The predicted octanol–water partition coefficient (Wildman–Crippen LogP) is 5.17. The number of ether oxygens (including phenoxy) is 3. The van der Waals surface area contributed by atoms with E-state index in [1.54, 1.807) is 32.9 Å². The van der Waals surface area contributed by atoms with Gasteiger partial charge in [-0.25, -0.2) is 14.5 Å². The zero-order valence-electron chi connectivity index (χ0n) is 27.1. The number of imide groups is 1. The van der Waals surface area contributed by atoms with Crippen molar-refractivity contribution in [2.75, 3.05) is 31.8 Å². The van der Waals surface area contributed by atoms with E-state index in [9.17, 15) is 24.0 Å². The largest absolute Gasteiger partial charge is 0.495 e. The third kappa shape index (κ3) is 7.89. The quantitative estimate of drug-likeness (QED) is 0.213. The molecule has 1 aliphatic heterocycles. The van der Waals surface area contributed by atoms with Gasteiger partial charge in [-0.2, -0.15) is 0 Å². The number of anilines is 1. The van der Waals surface area contributed by atoms with Crippen LogP contribution in [-0.2, 0) is 23.9 Å². The summed E-state index contributed by atoms with van der Waals surface area (Å²) < 4.78 is 17.3. The molecule has 5 rings (SSSR count). The van der Waals surface area contributed by atoms with Crippen molar-refractivity contribution in [3.05, 3.63) is 81.4 Å². The van der Waals surface area contributed by atoms with Crippen LogP contribution in [0.5, 0.6) is 5.75 Å². The number of urea groups is 1. The monoisotopic (exact) mass is 768 g/mol. The van der Waals surface area contributed by atoms with Crippen LogP contribution in [0.4, 0.5) is 15.3 Å². The molecule has 5 amide bonds. The van der Waals surface area contributed by atoms with Crippen molar-refractivity contribution in [1.29, 1.82) is 0 Å². The molecule has 1 fully saturated rings. The summed E-state index contributed by atoms with van der Waals surface area (Å²) in [5, 5.41) is 5.01. The topological polar surface area (TPSA) is 144 Å². The Morgan fingerprint density at radius 3 is 2.25 bits per heavy atom. The number of nitrogens with zero attached hydrogens (tertiary/aromatic N) is 2. The SMILES string of the molecule is COc1ccc(I)cc1N1CCC(=O)N(CNC(=O)[C@H](CC(=O)OC(C)(C)C)NC(=O)OCC2c3ccccc3-c3ccccc32)C1=O. The zero-order valence-corrected chi connectivity index (χ0v) is 29.2. The van der Waals surface area contributed by atoms with Crippen LogP contribution in [0.2, 0.25) is 0 Å². The minimum atomic E-state index is -1.42. The van der Waals surface area contributed by atoms with Crippen molar-refractivity contribution in [2.24, 2.45) is 0 Å². The van der Waals surface area contributed by atoms with Crippen molar-refractivity contribution in [3.63, 3.8) is 0 Å². The molecule has 0 saturated carbocycles. The Kier molecular flexibility index (Phi) is 10.6.